The van der Waals surface area contributed by atoms with Gasteiger partial charge in [0.05, 0.1) is 12.7 Å². The Bertz CT molecular complexity index is 423. The number of aliphatic hydroxyl groups is 1. The monoisotopic (exact) mass is 334 g/mol. The third-order valence-electron chi connectivity index (χ3n) is 2.43. The van der Waals surface area contributed by atoms with Gasteiger partial charge in [0, 0.05) is 16.5 Å². The van der Waals surface area contributed by atoms with Crippen LogP contribution in [0.1, 0.15) is 5.56 Å². The topological polar surface area (TPSA) is 29.5 Å². The van der Waals surface area contributed by atoms with Crippen LogP contribution in [0.2, 0.25) is 10.0 Å². The molecule has 0 saturated heterocycles. The van der Waals surface area contributed by atoms with E-state index in [-0.39, 0.29) is 6.42 Å². The van der Waals surface area contributed by atoms with Gasteiger partial charge in [-0.3, -0.25) is 0 Å². The molecule has 0 aliphatic carbocycles. The molecule has 0 bridgehead atoms. The van der Waals surface area contributed by atoms with Gasteiger partial charge in [-0.25, -0.2) is 8.78 Å². The highest BCUT2D eigenvalue weighted by molar-refractivity contribution is 6.35. The van der Waals surface area contributed by atoms with Crippen molar-refractivity contribution in [3.63, 3.8) is 0 Å². The normalized spacial score (nSPS) is 13.8. The molecule has 0 aliphatic rings. The van der Waals surface area contributed by atoms with Crippen LogP contribution in [0.25, 0.3) is 0 Å². The number of aliphatic hydroxyl groups excluding tert-OH is 1. The first kappa shape index (κ1) is 17.5. The van der Waals surface area contributed by atoms with Crippen molar-refractivity contribution in [1.82, 2.24) is 0 Å². The lowest BCUT2D eigenvalue weighted by molar-refractivity contribution is -0.170. The zero-order valence-electron chi connectivity index (χ0n) is 10.1. The zero-order valence-corrected chi connectivity index (χ0v) is 11.6. The molecule has 114 valence electrons. The summed E-state index contributed by atoms with van der Waals surface area (Å²) in [6, 6.07) is 4.73. The van der Waals surface area contributed by atoms with E-state index >= 15 is 0 Å². The summed E-state index contributed by atoms with van der Waals surface area (Å²) in [7, 11) is 0. The van der Waals surface area contributed by atoms with Crippen molar-refractivity contribution < 1.29 is 27.4 Å². The molecule has 2 nitrogen and oxygen atoms in total. The molecule has 0 radical (unpaired) electrons. The first-order valence-corrected chi connectivity index (χ1v) is 6.34. The number of hydrogen-bond donors (Lipinski definition) is 1. The Kier molecular flexibility index (Phi) is 6.51. The van der Waals surface area contributed by atoms with E-state index in [1.165, 1.54) is 0 Å². The lowest BCUT2D eigenvalue weighted by Crippen LogP contribution is -2.34. The second-order valence-electron chi connectivity index (χ2n) is 4.14. The van der Waals surface area contributed by atoms with Gasteiger partial charge in [-0.15, -0.1) is 0 Å². The average molecular weight is 335 g/mol. The maximum atomic E-state index is 12.6. The summed E-state index contributed by atoms with van der Waals surface area (Å²) in [5.74, 6) is -4.23. The van der Waals surface area contributed by atoms with Crippen molar-refractivity contribution in [3.8, 4) is 0 Å². The quantitative estimate of drug-likeness (QED) is 0.768. The molecule has 0 amide bonds. The van der Waals surface area contributed by atoms with Gasteiger partial charge in [0.25, 0.3) is 0 Å². The zero-order chi connectivity index (χ0) is 15.3. The molecular weight excluding hydrogens is 323 g/mol. The predicted octanol–water partition coefficient (Wildman–Crippen LogP) is 3.81. The van der Waals surface area contributed by atoms with Crippen molar-refractivity contribution in [3.05, 3.63) is 33.8 Å². The number of benzene rings is 1. The van der Waals surface area contributed by atoms with E-state index in [9.17, 15) is 22.7 Å². The predicted molar refractivity (Wildman–Crippen MR) is 67.9 cm³/mol. The van der Waals surface area contributed by atoms with Gasteiger partial charge in [0.1, 0.15) is 6.61 Å². The summed E-state index contributed by atoms with van der Waals surface area (Å²) in [5, 5.41) is 10.2. The van der Waals surface area contributed by atoms with E-state index in [1.54, 1.807) is 18.2 Å². The third kappa shape index (κ3) is 5.09. The minimum Gasteiger partial charge on any atom is -0.390 e. The maximum Gasteiger partial charge on any atom is 0.330 e. The van der Waals surface area contributed by atoms with Crippen LogP contribution in [0.3, 0.4) is 0 Å². The van der Waals surface area contributed by atoms with Gasteiger partial charge in [-0.1, -0.05) is 29.3 Å². The van der Waals surface area contributed by atoms with Crippen LogP contribution in [0.5, 0.6) is 0 Å². The second kappa shape index (κ2) is 7.45. The van der Waals surface area contributed by atoms with E-state index < -0.39 is 31.7 Å². The highest BCUT2D eigenvalue weighted by Gasteiger charge is 2.41. The molecule has 0 aliphatic heterocycles. The van der Waals surface area contributed by atoms with E-state index in [2.05, 4.69) is 4.74 Å². The van der Waals surface area contributed by atoms with Gasteiger partial charge in [0.2, 0.25) is 0 Å². The molecule has 1 unspecified atom stereocenters. The summed E-state index contributed by atoms with van der Waals surface area (Å²) in [6.45, 7) is -1.98. The molecule has 20 heavy (non-hydrogen) atoms. The van der Waals surface area contributed by atoms with Gasteiger partial charge < -0.3 is 9.84 Å². The molecule has 0 spiro atoms. The van der Waals surface area contributed by atoms with Crippen molar-refractivity contribution in [1.29, 1.82) is 0 Å². The van der Waals surface area contributed by atoms with Crippen molar-refractivity contribution in [2.24, 2.45) is 0 Å². The smallest absolute Gasteiger partial charge is 0.330 e. The minimum atomic E-state index is -4.23. The lowest BCUT2D eigenvalue weighted by atomic mass is 10.1. The molecule has 0 heterocycles. The number of alkyl halides is 4. The summed E-state index contributed by atoms with van der Waals surface area (Å²) >= 11 is 11.7. The van der Waals surface area contributed by atoms with Crippen LogP contribution in [-0.4, -0.2) is 36.8 Å². The Morgan fingerprint density at radius 1 is 1.20 bits per heavy atom. The Morgan fingerprint density at radius 2 is 1.75 bits per heavy atom. The van der Waals surface area contributed by atoms with E-state index in [0.717, 1.165) is 0 Å². The van der Waals surface area contributed by atoms with Crippen LogP contribution >= 0.6 is 23.2 Å². The Morgan fingerprint density at radius 3 is 2.25 bits per heavy atom. The number of rotatable bonds is 7. The Labute approximate surface area is 123 Å². The summed E-state index contributed by atoms with van der Waals surface area (Å²) in [4.78, 5) is 0. The van der Waals surface area contributed by atoms with Gasteiger partial charge >= 0.3 is 12.3 Å². The van der Waals surface area contributed by atoms with Crippen LogP contribution in [-0.2, 0) is 11.2 Å². The second-order valence-corrected chi connectivity index (χ2v) is 4.95. The van der Waals surface area contributed by atoms with Crippen LogP contribution in [0.15, 0.2) is 18.2 Å². The first-order valence-electron chi connectivity index (χ1n) is 5.58. The van der Waals surface area contributed by atoms with Crippen molar-refractivity contribution in [2.45, 2.75) is 24.9 Å². The van der Waals surface area contributed by atoms with Crippen LogP contribution in [0, 0.1) is 0 Å². The molecule has 1 rings (SSSR count). The molecule has 1 aromatic rings. The van der Waals surface area contributed by atoms with Crippen molar-refractivity contribution in [2.75, 3.05) is 13.2 Å². The van der Waals surface area contributed by atoms with E-state index in [4.69, 9.17) is 23.2 Å². The van der Waals surface area contributed by atoms with Crippen molar-refractivity contribution >= 4 is 23.2 Å². The Hall–Kier alpha value is -0.560. The lowest BCUT2D eigenvalue weighted by Gasteiger charge is -2.17. The van der Waals surface area contributed by atoms with Crippen LogP contribution < -0.4 is 0 Å². The first-order chi connectivity index (χ1) is 9.24. The molecule has 1 aromatic carbocycles. The van der Waals surface area contributed by atoms with E-state index in [1.807, 2.05) is 0 Å². The molecular formula is C12H12Cl2F4O2. The summed E-state index contributed by atoms with van der Waals surface area (Å²) in [5.41, 5.74) is 0.438. The minimum absolute atomic E-state index is 0.0290. The third-order valence-corrected chi connectivity index (χ3v) is 3.13. The fraction of sp³-hybridized carbons (Fsp3) is 0.500. The molecule has 0 fully saturated rings. The summed E-state index contributed by atoms with van der Waals surface area (Å²) < 4.78 is 53.2. The maximum absolute atomic E-state index is 12.6. The van der Waals surface area contributed by atoms with Crippen LogP contribution in [0.4, 0.5) is 17.6 Å². The largest absolute Gasteiger partial charge is 0.390 e. The SMILES string of the molecule is OC(COCC(F)(F)C(F)F)Cc1c(Cl)cccc1Cl. The number of ether oxygens (including phenoxy) is 1. The molecule has 1 N–H and O–H groups in total. The summed E-state index contributed by atoms with van der Waals surface area (Å²) in [6.07, 6.45) is -5.02. The molecule has 1 atom stereocenters. The van der Waals surface area contributed by atoms with Gasteiger partial charge in [-0.05, 0) is 17.7 Å². The van der Waals surface area contributed by atoms with Gasteiger partial charge in [-0.2, -0.15) is 8.78 Å². The Balaban J connectivity index is 2.47. The average Bonchev–Trinajstić information content (AvgIpc) is 2.33. The highest BCUT2D eigenvalue weighted by atomic mass is 35.5. The fourth-order valence-electron chi connectivity index (χ4n) is 1.42. The van der Waals surface area contributed by atoms with E-state index in [0.29, 0.717) is 15.6 Å². The standard InChI is InChI=1S/C12H12Cl2F4O2/c13-9-2-1-3-10(14)8(9)4-7(19)5-20-6-12(17,18)11(15)16/h1-3,7,11,19H,4-6H2. The van der Waals surface area contributed by atoms with Gasteiger partial charge in [0.15, 0.2) is 0 Å². The number of hydrogen-bond acceptors (Lipinski definition) is 2. The molecule has 0 saturated carbocycles. The molecule has 0 aromatic heterocycles. The highest BCUT2D eigenvalue weighted by Crippen LogP contribution is 2.26. The molecule has 8 heteroatoms. The number of halogens is 6. The fourth-order valence-corrected chi connectivity index (χ4v) is 1.97.